The van der Waals surface area contributed by atoms with Gasteiger partial charge in [-0.2, -0.15) is 0 Å². The predicted molar refractivity (Wildman–Crippen MR) is 64.1 cm³/mol. The van der Waals surface area contributed by atoms with E-state index in [2.05, 4.69) is 5.32 Å². The van der Waals surface area contributed by atoms with Gasteiger partial charge in [0.2, 0.25) is 0 Å². The minimum Gasteiger partial charge on any atom is -0.493 e. The van der Waals surface area contributed by atoms with Gasteiger partial charge in [-0.05, 0) is 37.9 Å². The Morgan fingerprint density at radius 1 is 1.31 bits per heavy atom. The van der Waals surface area contributed by atoms with E-state index >= 15 is 0 Å². The molecule has 1 heterocycles. The Morgan fingerprint density at radius 2 is 2.12 bits per heavy atom. The molecule has 88 valence electrons. The minimum atomic E-state index is 0.634. The normalized spacial score (nSPS) is 19.7. The Bertz CT molecular complexity index is 321. The molecule has 0 spiro atoms. The molecule has 1 aromatic carbocycles. The third-order valence-corrected chi connectivity index (χ3v) is 2.96. The number of hydrogen-bond donors (Lipinski definition) is 1. The van der Waals surface area contributed by atoms with Crippen LogP contribution in [0.15, 0.2) is 24.3 Å². The van der Waals surface area contributed by atoms with Gasteiger partial charge in [0, 0.05) is 6.04 Å². The maximum absolute atomic E-state index is 5.72. The summed E-state index contributed by atoms with van der Waals surface area (Å²) in [6.45, 7) is 1.90. The summed E-state index contributed by atoms with van der Waals surface area (Å²) < 4.78 is 11.0. The van der Waals surface area contributed by atoms with Crippen LogP contribution in [0.2, 0.25) is 0 Å². The molecule has 1 fully saturated rings. The van der Waals surface area contributed by atoms with E-state index in [0.717, 1.165) is 31.1 Å². The molecule has 0 radical (unpaired) electrons. The molecule has 1 saturated heterocycles. The van der Waals surface area contributed by atoms with Gasteiger partial charge in [-0.15, -0.1) is 0 Å². The standard InChI is InChI=1S/C13H19NO2/c1-15-12-6-2-3-7-13(12)16-10-8-11-5-4-9-14-11/h2-3,6-7,11,14H,4-5,8-10H2,1H3. The molecule has 1 N–H and O–H groups in total. The van der Waals surface area contributed by atoms with Crippen LogP contribution in [-0.2, 0) is 0 Å². The van der Waals surface area contributed by atoms with E-state index in [1.165, 1.54) is 12.8 Å². The number of rotatable bonds is 5. The Labute approximate surface area is 96.8 Å². The zero-order valence-corrected chi connectivity index (χ0v) is 9.74. The SMILES string of the molecule is COc1ccccc1OCCC1CCCN1. The van der Waals surface area contributed by atoms with E-state index < -0.39 is 0 Å². The van der Waals surface area contributed by atoms with Crippen LogP contribution < -0.4 is 14.8 Å². The van der Waals surface area contributed by atoms with E-state index in [9.17, 15) is 0 Å². The fourth-order valence-corrected chi connectivity index (χ4v) is 2.05. The summed E-state index contributed by atoms with van der Waals surface area (Å²) in [7, 11) is 1.67. The molecule has 1 aliphatic rings. The summed E-state index contributed by atoms with van der Waals surface area (Å²) in [6.07, 6.45) is 3.63. The lowest BCUT2D eigenvalue weighted by atomic mass is 10.2. The van der Waals surface area contributed by atoms with Gasteiger partial charge in [-0.3, -0.25) is 0 Å². The van der Waals surface area contributed by atoms with Crippen LogP contribution in [0.1, 0.15) is 19.3 Å². The van der Waals surface area contributed by atoms with Gasteiger partial charge in [0.25, 0.3) is 0 Å². The molecule has 3 nitrogen and oxygen atoms in total. The van der Waals surface area contributed by atoms with E-state index in [0.29, 0.717) is 6.04 Å². The lowest BCUT2D eigenvalue weighted by Crippen LogP contribution is -2.23. The average Bonchev–Trinajstić information content (AvgIpc) is 2.83. The van der Waals surface area contributed by atoms with Crippen LogP contribution >= 0.6 is 0 Å². The number of benzene rings is 1. The number of para-hydroxylation sites is 2. The van der Waals surface area contributed by atoms with Crippen molar-refractivity contribution in [2.45, 2.75) is 25.3 Å². The second kappa shape index (κ2) is 5.75. The number of methoxy groups -OCH3 is 1. The molecule has 16 heavy (non-hydrogen) atoms. The molecule has 0 aromatic heterocycles. The highest BCUT2D eigenvalue weighted by Gasteiger charge is 2.13. The molecule has 1 aromatic rings. The van der Waals surface area contributed by atoms with E-state index in [-0.39, 0.29) is 0 Å². The third-order valence-electron chi connectivity index (χ3n) is 2.96. The van der Waals surface area contributed by atoms with Gasteiger partial charge in [-0.25, -0.2) is 0 Å². The van der Waals surface area contributed by atoms with Gasteiger partial charge in [0.1, 0.15) is 0 Å². The lowest BCUT2D eigenvalue weighted by Gasteiger charge is -2.13. The monoisotopic (exact) mass is 221 g/mol. The van der Waals surface area contributed by atoms with Crippen LogP contribution in [0.5, 0.6) is 11.5 Å². The molecular formula is C13H19NO2. The average molecular weight is 221 g/mol. The summed E-state index contributed by atoms with van der Waals surface area (Å²) in [5.74, 6) is 1.64. The molecule has 1 aliphatic heterocycles. The van der Waals surface area contributed by atoms with Crippen LogP contribution in [0.25, 0.3) is 0 Å². The van der Waals surface area contributed by atoms with Gasteiger partial charge >= 0.3 is 0 Å². The number of nitrogens with one attached hydrogen (secondary N) is 1. The van der Waals surface area contributed by atoms with Crippen molar-refractivity contribution in [3.8, 4) is 11.5 Å². The maximum Gasteiger partial charge on any atom is 0.161 e. The highest BCUT2D eigenvalue weighted by atomic mass is 16.5. The van der Waals surface area contributed by atoms with Crippen molar-refractivity contribution in [1.29, 1.82) is 0 Å². The molecule has 1 unspecified atom stereocenters. The minimum absolute atomic E-state index is 0.634. The Hall–Kier alpha value is -1.22. The first-order valence-electron chi connectivity index (χ1n) is 5.89. The smallest absolute Gasteiger partial charge is 0.161 e. The maximum atomic E-state index is 5.72. The first-order chi connectivity index (χ1) is 7.90. The Balaban J connectivity index is 1.79. The quantitative estimate of drug-likeness (QED) is 0.827. The first-order valence-corrected chi connectivity index (χ1v) is 5.89. The second-order valence-electron chi connectivity index (χ2n) is 4.08. The lowest BCUT2D eigenvalue weighted by molar-refractivity contribution is 0.275. The molecule has 0 amide bonds. The first kappa shape index (κ1) is 11.3. The van der Waals surface area contributed by atoms with Crippen molar-refractivity contribution >= 4 is 0 Å². The molecule has 1 atom stereocenters. The van der Waals surface area contributed by atoms with Crippen molar-refractivity contribution in [2.24, 2.45) is 0 Å². The Kier molecular flexibility index (Phi) is 4.05. The third kappa shape index (κ3) is 2.89. The highest BCUT2D eigenvalue weighted by Crippen LogP contribution is 2.26. The van der Waals surface area contributed by atoms with Gasteiger partial charge < -0.3 is 14.8 Å². The largest absolute Gasteiger partial charge is 0.493 e. The van der Waals surface area contributed by atoms with Crippen LogP contribution in [0, 0.1) is 0 Å². The molecular weight excluding hydrogens is 202 g/mol. The zero-order valence-electron chi connectivity index (χ0n) is 9.74. The van der Waals surface area contributed by atoms with E-state index in [1.807, 2.05) is 24.3 Å². The van der Waals surface area contributed by atoms with E-state index in [1.54, 1.807) is 7.11 Å². The fourth-order valence-electron chi connectivity index (χ4n) is 2.05. The molecule has 0 aliphatic carbocycles. The van der Waals surface area contributed by atoms with Gasteiger partial charge in [0.15, 0.2) is 11.5 Å². The summed E-state index contributed by atoms with van der Waals surface area (Å²) >= 11 is 0. The molecule has 3 heteroatoms. The van der Waals surface area contributed by atoms with E-state index in [4.69, 9.17) is 9.47 Å². The van der Waals surface area contributed by atoms with Crippen molar-refractivity contribution in [1.82, 2.24) is 5.32 Å². The van der Waals surface area contributed by atoms with Gasteiger partial charge in [-0.1, -0.05) is 12.1 Å². The predicted octanol–water partition coefficient (Wildman–Crippen LogP) is 2.22. The molecule has 2 rings (SSSR count). The van der Waals surface area contributed by atoms with Crippen molar-refractivity contribution in [2.75, 3.05) is 20.3 Å². The highest BCUT2D eigenvalue weighted by molar-refractivity contribution is 5.39. The zero-order chi connectivity index (χ0) is 11.2. The summed E-state index contributed by atoms with van der Waals surface area (Å²) in [6, 6.07) is 8.41. The van der Waals surface area contributed by atoms with Crippen LogP contribution in [-0.4, -0.2) is 26.3 Å². The van der Waals surface area contributed by atoms with Gasteiger partial charge in [0.05, 0.1) is 13.7 Å². The van der Waals surface area contributed by atoms with Crippen LogP contribution in [0.4, 0.5) is 0 Å². The summed E-state index contributed by atoms with van der Waals surface area (Å²) in [4.78, 5) is 0. The second-order valence-corrected chi connectivity index (χ2v) is 4.08. The topological polar surface area (TPSA) is 30.5 Å². The summed E-state index contributed by atoms with van der Waals surface area (Å²) in [5.41, 5.74) is 0. The van der Waals surface area contributed by atoms with Crippen LogP contribution in [0.3, 0.4) is 0 Å². The van der Waals surface area contributed by atoms with Crippen molar-refractivity contribution in [3.63, 3.8) is 0 Å². The Morgan fingerprint density at radius 3 is 2.81 bits per heavy atom. The molecule has 0 saturated carbocycles. The number of hydrogen-bond acceptors (Lipinski definition) is 3. The number of ether oxygens (including phenoxy) is 2. The molecule has 0 bridgehead atoms. The fraction of sp³-hybridized carbons (Fsp3) is 0.538. The summed E-state index contributed by atoms with van der Waals surface area (Å²) in [5, 5.41) is 3.46. The van der Waals surface area contributed by atoms with Crippen molar-refractivity contribution < 1.29 is 9.47 Å². The van der Waals surface area contributed by atoms with Crippen molar-refractivity contribution in [3.05, 3.63) is 24.3 Å².